The van der Waals surface area contributed by atoms with E-state index in [2.05, 4.69) is 226 Å². The van der Waals surface area contributed by atoms with Crippen LogP contribution in [0, 0.1) is 0 Å². The van der Waals surface area contributed by atoms with Gasteiger partial charge in [0.25, 0.3) is 0 Å². The number of benzene rings is 10. The third-order valence-corrected chi connectivity index (χ3v) is 19.1. The summed E-state index contributed by atoms with van der Waals surface area (Å²) in [4.78, 5) is 0. The van der Waals surface area contributed by atoms with Crippen LogP contribution in [0.1, 0.15) is 140 Å². The van der Waals surface area contributed by atoms with E-state index in [0.717, 1.165) is 38.5 Å². The van der Waals surface area contributed by atoms with Crippen molar-refractivity contribution < 1.29 is 0 Å². The molecular weight excluding hydrogens is 853 g/mol. The van der Waals surface area contributed by atoms with E-state index in [1.807, 2.05) is 0 Å². The summed E-state index contributed by atoms with van der Waals surface area (Å²) in [6, 6.07) is 65.1. The molecule has 0 radical (unpaired) electrons. The number of hydrogen-bond donors (Lipinski definition) is 0. The summed E-state index contributed by atoms with van der Waals surface area (Å²) in [6.45, 7) is 21.3. The topological polar surface area (TPSA) is 0 Å². The van der Waals surface area contributed by atoms with Gasteiger partial charge in [0.05, 0.1) is 0 Å². The van der Waals surface area contributed by atoms with Gasteiger partial charge in [-0.05, 0) is 212 Å². The third-order valence-electron chi connectivity index (χ3n) is 19.1. The fourth-order valence-corrected chi connectivity index (χ4v) is 14.9. The van der Waals surface area contributed by atoms with Crippen LogP contribution < -0.4 is 0 Å². The minimum atomic E-state index is -0.0714. The lowest BCUT2D eigenvalue weighted by molar-refractivity contribution is 0.490. The zero-order valence-electron chi connectivity index (χ0n) is 43.3. The number of fused-ring (bicyclic) bond motifs is 9. The van der Waals surface area contributed by atoms with Crippen LogP contribution in [0.25, 0.3) is 99.1 Å². The Hall–Kier alpha value is -6.76. The van der Waals surface area contributed by atoms with Crippen LogP contribution in [0.5, 0.6) is 0 Å². The zero-order valence-corrected chi connectivity index (χ0v) is 43.3. The van der Waals surface area contributed by atoms with E-state index in [0.29, 0.717) is 0 Å². The predicted molar refractivity (Wildman–Crippen MR) is 306 cm³/mol. The van der Waals surface area contributed by atoms with Gasteiger partial charge in [-0.3, -0.25) is 0 Å². The molecule has 0 atom stereocenters. The summed E-state index contributed by atoms with van der Waals surface area (Å²) in [6.07, 6.45) is 6.43. The number of rotatable bonds is 9. The van der Waals surface area contributed by atoms with Gasteiger partial charge in [-0.25, -0.2) is 0 Å². The predicted octanol–water partition coefficient (Wildman–Crippen LogP) is 20.1. The molecule has 0 heteroatoms. The highest BCUT2D eigenvalue weighted by atomic mass is 14.5. The SMILES string of the molecule is CCC1(CC)c2ccccc2-c2ccc(-c3ccc4c(c3)C(CC)(CC)c3cc(-c5ccc6c(c5)C(CC)(CC)c5cc(-c7ccc8ccc9cc(C(C)(C)C)cc%10ccc7c8c9%10)ccc5-6)ccc3-4)cc21. The Labute approximate surface area is 422 Å². The molecule has 0 fully saturated rings. The molecule has 71 heavy (non-hydrogen) atoms. The van der Waals surface area contributed by atoms with Crippen LogP contribution in [0.15, 0.2) is 164 Å². The minimum absolute atomic E-state index is 0.0549. The van der Waals surface area contributed by atoms with E-state index >= 15 is 0 Å². The lowest BCUT2D eigenvalue weighted by Gasteiger charge is -2.31. The van der Waals surface area contributed by atoms with Crippen molar-refractivity contribution in [2.75, 3.05) is 0 Å². The fourth-order valence-electron chi connectivity index (χ4n) is 14.9. The molecule has 0 heterocycles. The first kappa shape index (κ1) is 44.2. The van der Waals surface area contributed by atoms with Crippen LogP contribution in [0.3, 0.4) is 0 Å². The van der Waals surface area contributed by atoms with Gasteiger partial charge in [0.2, 0.25) is 0 Å². The number of hydrogen-bond acceptors (Lipinski definition) is 0. The first-order valence-corrected chi connectivity index (χ1v) is 27.0. The maximum Gasteiger partial charge on any atom is 0.0210 e. The first-order valence-electron chi connectivity index (χ1n) is 27.0. The maximum atomic E-state index is 2.57. The van der Waals surface area contributed by atoms with Crippen molar-refractivity contribution in [1.82, 2.24) is 0 Å². The lowest BCUT2D eigenvalue weighted by Crippen LogP contribution is -2.23. The molecule has 0 amide bonds. The Bertz CT molecular complexity index is 3790. The zero-order chi connectivity index (χ0) is 48.8. The van der Waals surface area contributed by atoms with Gasteiger partial charge in [0.1, 0.15) is 0 Å². The second kappa shape index (κ2) is 15.6. The van der Waals surface area contributed by atoms with E-state index in [9.17, 15) is 0 Å². The second-order valence-electron chi connectivity index (χ2n) is 22.7. The van der Waals surface area contributed by atoms with Crippen molar-refractivity contribution in [3.63, 3.8) is 0 Å². The molecule has 0 nitrogen and oxygen atoms in total. The van der Waals surface area contributed by atoms with Crippen molar-refractivity contribution in [3.8, 4) is 66.8 Å². The molecule has 0 N–H and O–H groups in total. The normalized spacial score (nSPS) is 15.5. The molecule has 10 aromatic carbocycles. The average Bonchev–Trinajstić information content (AvgIpc) is 3.97. The maximum absolute atomic E-state index is 2.57. The molecule has 0 saturated heterocycles. The molecule has 0 bridgehead atoms. The Morgan fingerprint density at radius 2 is 0.634 bits per heavy atom. The average molecular weight is 919 g/mol. The molecule has 350 valence electrons. The fraction of sp³-hybridized carbons (Fsp3) is 0.268. The van der Waals surface area contributed by atoms with Gasteiger partial charge in [-0.15, -0.1) is 0 Å². The van der Waals surface area contributed by atoms with Crippen LogP contribution in [0.4, 0.5) is 0 Å². The van der Waals surface area contributed by atoms with Gasteiger partial charge in [-0.2, -0.15) is 0 Å². The van der Waals surface area contributed by atoms with Gasteiger partial charge in [0, 0.05) is 16.2 Å². The van der Waals surface area contributed by atoms with E-state index in [4.69, 9.17) is 0 Å². The standard InChI is InChI=1S/C71H66/c1-10-69(11-2)60-19-17-16-18-53(60)54-30-23-44(38-61(54)69)45-24-31-55-56-32-25-46(40-63(56)70(12-3,13-4)62(55)39-45)47-26-33-57-58-34-27-48(42-65(58)71(14-5,15-6)64(57)41-47)52-29-22-43-20-21-49-36-51(68(7,8)9)37-50-28-35-59(52)67(43)66(49)50/h16-42H,10-15H2,1-9H3. The van der Waals surface area contributed by atoms with Crippen molar-refractivity contribution >= 4 is 32.3 Å². The first-order chi connectivity index (χ1) is 34.4. The molecule has 3 aliphatic rings. The highest BCUT2D eigenvalue weighted by molar-refractivity contribution is 6.25. The summed E-state index contributed by atoms with van der Waals surface area (Å²) in [7, 11) is 0. The van der Waals surface area contributed by atoms with E-state index in [1.165, 1.54) is 138 Å². The largest absolute Gasteiger partial charge is 0.0642 e. The van der Waals surface area contributed by atoms with Crippen molar-refractivity contribution in [2.24, 2.45) is 0 Å². The third kappa shape index (κ3) is 5.92. The Morgan fingerprint density at radius 3 is 1.07 bits per heavy atom. The molecular formula is C71H66. The summed E-state index contributed by atoms with van der Waals surface area (Å²) in [5.74, 6) is 0. The summed E-state index contributed by atoms with van der Waals surface area (Å²) in [5.41, 5.74) is 26.7. The highest BCUT2D eigenvalue weighted by Crippen LogP contribution is 2.58. The van der Waals surface area contributed by atoms with E-state index in [1.54, 1.807) is 0 Å². The van der Waals surface area contributed by atoms with Crippen molar-refractivity contribution in [2.45, 2.75) is 122 Å². The highest BCUT2D eigenvalue weighted by Gasteiger charge is 2.44. The molecule has 10 aromatic rings. The van der Waals surface area contributed by atoms with Crippen LogP contribution in [-0.2, 0) is 21.7 Å². The van der Waals surface area contributed by atoms with Crippen LogP contribution >= 0.6 is 0 Å². The molecule has 0 unspecified atom stereocenters. The van der Waals surface area contributed by atoms with Crippen LogP contribution in [-0.4, -0.2) is 0 Å². The molecule has 0 spiro atoms. The van der Waals surface area contributed by atoms with Gasteiger partial charge in [-0.1, -0.05) is 196 Å². The van der Waals surface area contributed by atoms with Gasteiger partial charge < -0.3 is 0 Å². The molecule has 13 rings (SSSR count). The summed E-state index contributed by atoms with van der Waals surface area (Å²) < 4.78 is 0. The summed E-state index contributed by atoms with van der Waals surface area (Å²) in [5, 5.41) is 8.11. The van der Waals surface area contributed by atoms with Gasteiger partial charge in [0.15, 0.2) is 0 Å². The summed E-state index contributed by atoms with van der Waals surface area (Å²) >= 11 is 0. The second-order valence-corrected chi connectivity index (χ2v) is 22.7. The van der Waals surface area contributed by atoms with E-state index < -0.39 is 0 Å². The molecule has 0 aliphatic heterocycles. The van der Waals surface area contributed by atoms with Crippen molar-refractivity contribution in [3.05, 3.63) is 203 Å². The monoisotopic (exact) mass is 919 g/mol. The van der Waals surface area contributed by atoms with E-state index in [-0.39, 0.29) is 21.7 Å². The Balaban J connectivity index is 0.870. The Morgan fingerprint density at radius 1 is 0.296 bits per heavy atom. The minimum Gasteiger partial charge on any atom is -0.0642 e. The molecule has 0 aromatic heterocycles. The molecule has 3 aliphatic carbocycles. The molecule has 0 saturated carbocycles. The Kier molecular flexibility index (Phi) is 9.72. The lowest BCUT2D eigenvalue weighted by atomic mass is 9.72. The van der Waals surface area contributed by atoms with Crippen LogP contribution in [0.2, 0.25) is 0 Å². The van der Waals surface area contributed by atoms with Crippen molar-refractivity contribution in [1.29, 1.82) is 0 Å². The van der Waals surface area contributed by atoms with Gasteiger partial charge >= 0.3 is 0 Å². The smallest absolute Gasteiger partial charge is 0.0210 e. The quantitative estimate of drug-likeness (QED) is 0.127.